The highest BCUT2D eigenvalue weighted by atomic mass is 32.1. The molecule has 1 N–H and O–H groups in total. The predicted octanol–water partition coefficient (Wildman–Crippen LogP) is 3.78. The number of thiazole rings is 1. The van der Waals surface area contributed by atoms with Gasteiger partial charge < -0.3 is 0 Å². The molecule has 0 saturated carbocycles. The molecule has 1 amide bonds. The zero-order chi connectivity index (χ0) is 15.1. The molecule has 7 heteroatoms. The maximum atomic E-state index is 12.3. The molecular weight excluding hydrogens is 304 g/mol. The number of fused-ring (bicyclic) bond motifs is 1. The lowest BCUT2D eigenvalue weighted by atomic mass is 10.2. The third kappa shape index (κ3) is 2.58. The number of aromatic nitrogens is 3. The number of aryl methyl sites for hydroxylation is 2. The summed E-state index contributed by atoms with van der Waals surface area (Å²) in [6.45, 7) is 6.12. The topological polar surface area (TPSA) is 59.8 Å². The Morgan fingerprint density at radius 1 is 1.43 bits per heavy atom. The molecule has 0 bridgehead atoms. The molecule has 0 fully saturated rings. The zero-order valence-corrected chi connectivity index (χ0v) is 13.9. The first-order valence-corrected chi connectivity index (χ1v) is 8.35. The molecule has 0 aliphatic heterocycles. The van der Waals surface area contributed by atoms with Crippen LogP contribution in [0.4, 0.5) is 5.13 Å². The molecule has 21 heavy (non-hydrogen) atoms. The van der Waals surface area contributed by atoms with E-state index >= 15 is 0 Å². The summed E-state index contributed by atoms with van der Waals surface area (Å²) in [5.41, 5.74) is 1.95. The van der Waals surface area contributed by atoms with E-state index in [1.54, 1.807) is 0 Å². The highest BCUT2D eigenvalue weighted by molar-refractivity contribution is 7.20. The van der Waals surface area contributed by atoms with Crippen molar-refractivity contribution in [1.29, 1.82) is 0 Å². The summed E-state index contributed by atoms with van der Waals surface area (Å²) in [6, 6.07) is 1.90. The quantitative estimate of drug-likeness (QED) is 0.799. The molecule has 0 atom stereocenters. The second kappa shape index (κ2) is 5.23. The van der Waals surface area contributed by atoms with Crippen LogP contribution in [0, 0.1) is 6.92 Å². The fourth-order valence-corrected chi connectivity index (χ4v) is 3.97. The van der Waals surface area contributed by atoms with Crippen molar-refractivity contribution in [3.63, 3.8) is 0 Å². The Kier molecular flexibility index (Phi) is 3.54. The number of nitrogens with one attached hydrogen (secondary N) is 1. The van der Waals surface area contributed by atoms with Gasteiger partial charge in [0.15, 0.2) is 5.13 Å². The lowest BCUT2D eigenvalue weighted by Gasteiger charge is -1.99. The maximum absolute atomic E-state index is 12.3. The Bertz CT molecular complexity index is 778. The number of carbonyl (C=O) groups excluding carboxylic acids is 1. The van der Waals surface area contributed by atoms with Gasteiger partial charge in [-0.1, -0.05) is 13.8 Å². The predicted molar refractivity (Wildman–Crippen MR) is 87.5 cm³/mol. The first-order valence-electron chi connectivity index (χ1n) is 6.65. The number of carbonyl (C=O) groups is 1. The molecule has 0 saturated heterocycles. The van der Waals surface area contributed by atoms with Crippen LogP contribution in [0.1, 0.15) is 40.8 Å². The van der Waals surface area contributed by atoms with Crippen LogP contribution < -0.4 is 5.32 Å². The van der Waals surface area contributed by atoms with Crippen molar-refractivity contribution >= 4 is 43.9 Å². The van der Waals surface area contributed by atoms with Crippen LogP contribution in [-0.4, -0.2) is 20.7 Å². The monoisotopic (exact) mass is 320 g/mol. The summed E-state index contributed by atoms with van der Waals surface area (Å²) >= 11 is 2.91. The van der Waals surface area contributed by atoms with Crippen molar-refractivity contribution in [3.05, 3.63) is 27.7 Å². The van der Waals surface area contributed by atoms with Gasteiger partial charge in [-0.05, 0) is 18.9 Å². The second-order valence-corrected chi connectivity index (χ2v) is 7.11. The summed E-state index contributed by atoms with van der Waals surface area (Å²) in [6.07, 6.45) is 0. The lowest BCUT2D eigenvalue weighted by molar-refractivity contribution is 0.103. The van der Waals surface area contributed by atoms with Gasteiger partial charge in [-0.3, -0.25) is 14.8 Å². The van der Waals surface area contributed by atoms with Crippen molar-refractivity contribution in [2.24, 2.45) is 7.05 Å². The summed E-state index contributed by atoms with van der Waals surface area (Å²) in [7, 11) is 1.89. The average Bonchev–Trinajstić information content (AvgIpc) is 3.08. The van der Waals surface area contributed by atoms with Gasteiger partial charge in [0.1, 0.15) is 4.83 Å². The van der Waals surface area contributed by atoms with Crippen LogP contribution in [0.2, 0.25) is 0 Å². The van der Waals surface area contributed by atoms with Gasteiger partial charge in [0, 0.05) is 17.8 Å². The SMILES string of the molecule is Cc1nn(C)c2sc(C(=O)Nc3nc(C(C)C)cs3)cc12. The molecule has 0 radical (unpaired) electrons. The van der Waals surface area contributed by atoms with Crippen LogP contribution in [-0.2, 0) is 7.05 Å². The summed E-state index contributed by atoms with van der Waals surface area (Å²) < 4.78 is 1.81. The van der Waals surface area contributed by atoms with Crippen molar-refractivity contribution < 1.29 is 4.79 Å². The molecule has 0 aromatic carbocycles. The molecule has 0 spiro atoms. The smallest absolute Gasteiger partial charge is 0.267 e. The standard InChI is InChI=1S/C14H16N4OS2/c1-7(2)10-6-20-14(15-10)16-12(19)11-5-9-8(3)17-18(4)13(9)21-11/h5-7H,1-4H3,(H,15,16,19). The highest BCUT2D eigenvalue weighted by Gasteiger charge is 2.16. The van der Waals surface area contributed by atoms with E-state index in [0.717, 1.165) is 21.6 Å². The van der Waals surface area contributed by atoms with E-state index in [1.807, 2.05) is 30.1 Å². The molecule has 110 valence electrons. The van der Waals surface area contributed by atoms with Crippen LogP contribution in [0.5, 0.6) is 0 Å². The van der Waals surface area contributed by atoms with Gasteiger partial charge in [0.05, 0.1) is 16.3 Å². The Balaban J connectivity index is 1.84. The number of hydrogen-bond acceptors (Lipinski definition) is 5. The lowest BCUT2D eigenvalue weighted by Crippen LogP contribution is -2.10. The van der Waals surface area contributed by atoms with Crippen molar-refractivity contribution in [2.45, 2.75) is 26.7 Å². The number of hydrogen-bond donors (Lipinski definition) is 1. The number of thiophene rings is 1. The van der Waals surface area contributed by atoms with Gasteiger partial charge in [0.25, 0.3) is 5.91 Å². The summed E-state index contributed by atoms with van der Waals surface area (Å²) in [5.74, 6) is 0.255. The minimum Gasteiger partial charge on any atom is -0.297 e. The largest absolute Gasteiger partial charge is 0.297 e. The maximum Gasteiger partial charge on any atom is 0.267 e. The van der Waals surface area contributed by atoms with Crippen LogP contribution in [0.25, 0.3) is 10.2 Å². The minimum absolute atomic E-state index is 0.111. The fraction of sp³-hybridized carbons (Fsp3) is 0.357. The molecule has 3 rings (SSSR count). The third-order valence-electron chi connectivity index (χ3n) is 3.25. The average molecular weight is 320 g/mol. The van der Waals surface area contributed by atoms with E-state index < -0.39 is 0 Å². The molecule has 3 heterocycles. The minimum atomic E-state index is -0.111. The van der Waals surface area contributed by atoms with Crippen molar-refractivity contribution in [3.8, 4) is 0 Å². The molecular formula is C14H16N4OS2. The normalized spacial score (nSPS) is 11.5. The van der Waals surface area contributed by atoms with Crippen molar-refractivity contribution in [2.75, 3.05) is 5.32 Å². The Morgan fingerprint density at radius 3 is 2.81 bits per heavy atom. The number of rotatable bonds is 3. The molecule has 5 nitrogen and oxygen atoms in total. The van der Waals surface area contributed by atoms with Gasteiger partial charge >= 0.3 is 0 Å². The van der Waals surface area contributed by atoms with E-state index in [9.17, 15) is 4.79 Å². The molecule has 3 aromatic heterocycles. The van der Waals surface area contributed by atoms with E-state index in [1.165, 1.54) is 22.7 Å². The highest BCUT2D eigenvalue weighted by Crippen LogP contribution is 2.29. The van der Waals surface area contributed by atoms with Gasteiger partial charge in [-0.2, -0.15) is 5.10 Å². The third-order valence-corrected chi connectivity index (χ3v) is 5.23. The summed E-state index contributed by atoms with van der Waals surface area (Å²) in [4.78, 5) is 18.4. The Labute approximate surface area is 130 Å². The molecule has 0 unspecified atom stereocenters. The number of anilines is 1. The van der Waals surface area contributed by atoms with Gasteiger partial charge in [-0.25, -0.2) is 4.98 Å². The van der Waals surface area contributed by atoms with E-state index in [4.69, 9.17) is 0 Å². The first-order chi connectivity index (χ1) is 9.95. The second-order valence-electron chi connectivity index (χ2n) is 5.22. The number of amides is 1. The number of nitrogens with zero attached hydrogens (tertiary/aromatic N) is 3. The Hall–Kier alpha value is -1.73. The van der Waals surface area contributed by atoms with Crippen molar-refractivity contribution in [1.82, 2.24) is 14.8 Å². The van der Waals surface area contributed by atoms with Crippen LogP contribution in [0.15, 0.2) is 11.4 Å². The zero-order valence-electron chi connectivity index (χ0n) is 12.3. The van der Waals surface area contributed by atoms with Crippen LogP contribution in [0.3, 0.4) is 0 Å². The van der Waals surface area contributed by atoms with Gasteiger partial charge in [0.2, 0.25) is 0 Å². The van der Waals surface area contributed by atoms with Crippen LogP contribution >= 0.6 is 22.7 Å². The van der Waals surface area contributed by atoms with Gasteiger partial charge in [-0.15, -0.1) is 22.7 Å². The van der Waals surface area contributed by atoms with E-state index in [2.05, 4.69) is 29.2 Å². The molecule has 0 aliphatic carbocycles. The summed E-state index contributed by atoms with van der Waals surface area (Å²) in [5, 5.41) is 10.9. The van der Waals surface area contributed by atoms with E-state index in [0.29, 0.717) is 15.9 Å². The molecule has 0 aliphatic rings. The first kappa shape index (κ1) is 14.2. The van der Waals surface area contributed by atoms with E-state index in [-0.39, 0.29) is 5.91 Å². The Morgan fingerprint density at radius 2 is 2.19 bits per heavy atom. The molecule has 3 aromatic rings. The fourth-order valence-electron chi connectivity index (χ4n) is 2.08.